The molecule has 0 radical (unpaired) electrons. The van der Waals surface area contributed by atoms with Gasteiger partial charge < -0.3 is 5.32 Å². The Labute approximate surface area is 120 Å². The van der Waals surface area contributed by atoms with Crippen LogP contribution in [0.3, 0.4) is 0 Å². The maximum absolute atomic E-state index is 13.1. The summed E-state index contributed by atoms with van der Waals surface area (Å²) in [6.07, 6.45) is 0. The molecule has 0 aliphatic carbocycles. The van der Waals surface area contributed by atoms with Crippen LogP contribution in [0.1, 0.15) is 40.8 Å². The normalized spacial score (nSPS) is 12.3. The molecule has 1 N–H and O–H groups in total. The zero-order chi connectivity index (χ0) is 14.9. The molecule has 2 aromatic rings. The molecule has 0 spiro atoms. The molecule has 0 aromatic heterocycles. The van der Waals surface area contributed by atoms with Crippen LogP contribution in [0.5, 0.6) is 0 Å². The zero-order valence-corrected chi connectivity index (χ0v) is 12.8. The minimum absolute atomic E-state index is 0.192. The van der Waals surface area contributed by atoms with Crippen molar-refractivity contribution in [3.8, 4) is 0 Å². The molecular weight excluding hydrogens is 249 g/mol. The van der Waals surface area contributed by atoms with Crippen LogP contribution in [0.15, 0.2) is 30.3 Å². The first-order valence-electron chi connectivity index (χ1n) is 6.99. The van der Waals surface area contributed by atoms with Crippen LogP contribution < -0.4 is 5.32 Å². The second kappa shape index (κ2) is 5.66. The lowest BCUT2D eigenvalue weighted by atomic mass is 9.96. The van der Waals surface area contributed by atoms with Gasteiger partial charge in [-0.1, -0.05) is 12.1 Å². The first-order chi connectivity index (χ1) is 9.38. The Balaban J connectivity index is 2.28. The van der Waals surface area contributed by atoms with Gasteiger partial charge in [-0.15, -0.1) is 0 Å². The van der Waals surface area contributed by atoms with Crippen molar-refractivity contribution in [2.75, 3.05) is 5.32 Å². The maximum atomic E-state index is 13.1. The molecule has 1 unspecified atom stereocenters. The van der Waals surface area contributed by atoms with E-state index < -0.39 is 0 Å². The van der Waals surface area contributed by atoms with E-state index in [2.05, 4.69) is 45.1 Å². The Morgan fingerprint density at radius 3 is 2.15 bits per heavy atom. The Kier molecular flexibility index (Phi) is 4.12. The van der Waals surface area contributed by atoms with Gasteiger partial charge in [0.05, 0.1) is 0 Å². The lowest BCUT2D eigenvalue weighted by molar-refractivity contribution is 0.626. The van der Waals surface area contributed by atoms with Gasteiger partial charge in [0.1, 0.15) is 5.82 Å². The quantitative estimate of drug-likeness (QED) is 0.805. The van der Waals surface area contributed by atoms with Crippen molar-refractivity contribution in [1.82, 2.24) is 0 Å². The van der Waals surface area contributed by atoms with Crippen molar-refractivity contribution in [2.45, 2.75) is 40.7 Å². The molecule has 0 heterocycles. The van der Waals surface area contributed by atoms with Crippen molar-refractivity contribution in [2.24, 2.45) is 0 Å². The predicted molar refractivity (Wildman–Crippen MR) is 83.8 cm³/mol. The van der Waals surface area contributed by atoms with Gasteiger partial charge in [-0.05, 0) is 80.6 Å². The van der Waals surface area contributed by atoms with E-state index in [1.165, 1.54) is 28.3 Å². The number of hydrogen-bond donors (Lipinski definition) is 1. The molecule has 1 atom stereocenters. The Hall–Kier alpha value is -1.83. The number of hydrogen-bond acceptors (Lipinski definition) is 1. The SMILES string of the molecule is Cc1cc(C)c(C(C)Nc2ccc(F)cc2C)cc1C. The van der Waals surface area contributed by atoms with E-state index in [4.69, 9.17) is 0 Å². The van der Waals surface area contributed by atoms with Crippen LogP contribution >= 0.6 is 0 Å². The van der Waals surface area contributed by atoms with Gasteiger partial charge in [-0.2, -0.15) is 0 Å². The largest absolute Gasteiger partial charge is 0.378 e. The number of benzene rings is 2. The summed E-state index contributed by atoms with van der Waals surface area (Å²) >= 11 is 0. The minimum atomic E-state index is -0.192. The summed E-state index contributed by atoms with van der Waals surface area (Å²) < 4.78 is 13.1. The van der Waals surface area contributed by atoms with Crippen LogP contribution in [0.25, 0.3) is 0 Å². The monoisotopic (exact) mass is 271 g/mol. The lowest BCUT2D eigenvalue weighted by Gasteiger charge is -2.20. The number of nitrogens with one attached hydrogen (secondary N) is 1. The van der Waals surface area contributed by atoms with Gasteiger partial charge in [0.2, 0.25) is 0 Å². The first kappa shape index (κ1) is 14.6. The predicted octanol–water partition coefficient (Wildman–Crippen LogP) is 5.23. The molecular formula is C18H22FN. The van der Waals surface area contributed by atoms with Crippen molar-refractivity contribution in [3.63, 3.8) is 0 Å². The van der Waals surface area contributed by atoms with E-state index in [-0.39, 0.29) is 11.9 Å². The summed E-state index contributed by atoms with van der Waals surface area (Å²) in [6, 6.07) is 9.51. The molecule has 1 nitrogen and oxygen atoms in total. The standard InChI is InChI=1S/C18H22FN/c1-11-8-13(3)17(10-12(11)2)15(5)20-18-7-6-16(19)9-14(18)4/h6-10,15,20H,1-5H3. The summed E-state index contributed by atoms with van der Waals surface area (Å²) in [5.74, 6) is -0.192. The Morgan fingerprint density at radius 1 is 0.850 bits per heavy atom. The van der Waals surface area contributed by atoms with Crippen molar-refractivity contribution < 1.29 is 4.39 Å². The average molecular weight is 271 g/mol. The fraction of sp³-hybridized carbons (Fsp3) is 0.333. The highest BCUT2D eigenvalue weighted by molar-refractivity contribution is 5.53. The van der Waals surface area contributed by atoms with E-state index >= 15 is 0 Å². The highest BCUT2D eigenvalue weighted by atomic mass is 19.1. The second-order valence-corrected chi connectivity index (χ2v) is 5.62. The fourth-order valence-corrected chi connectivity index (χ4v) is 2.55. The third kappa shape index (κ3) is 3.01. The first-order valence-corrected chi connectivity index (χ1v) is 6.99. The molecule has 0 bridgehead atoms. The van der Waals surface area contributed by atoms with E-state index in [1.807, 2.05) is 6.92 Å². The van der Waals surface area contributed by atoms with E-state index in [1.54, 1.807) is 12.1 Å². The van der Waals surface area contributed by atoms with Crippen molar-refractivity contribution >= 4 is 5.69 Å². The highest BCUT2D eigenvalue weighted by Gasteiger charge is 2.11. The molecule has 0 saturated carbocycles. The van der Waals surface area contributed by atoms with Crippen molar-refractivity contribution in [3.05, 3.63) is 64.0 Å². The number of aryl methyl sites for hydroxylation is 4. The van der Waals surface area contributed by atoms with E-state index in [0.717, 1.165) is 11.3 Å². The molecule has 0 fully saturated rings. The molecule has 0 saturated heterocycles. The van der Waals surface area contributed by atoms with Gasteiger partial charge in [0, 0.05) is 11.7 Å². The van der Waals surface area contributed by atoms with Crippen LogP contribution in [0.2, 0.25) is 0 Å². The van der Waals surface area contributed by atoms with Gasteiger partial charge in [0.15, 0.2) is 0 Å². The number of rotatable bonds is 3. The summed E-state index contributed by atoms with van der Waals surface area (Å²) in [5.41, 5.74) is 7.10. The summed E-state index contributed by atoms with van der Waals surface area (Å²) in [5, 5.41) is 3.47. The van der Waals surface area contributed by atoms with E-state index in [9.17, 15) is 4.39 Å². The minimum Gasteiger partial charge on any atom is -0.378 e. The molecule has 0 aliphatic heterocycles. The van der Waals surface area contributed by atoms with Gasteiger partial charge in [0.25, 0.3) is 0 Å². The third-order valence-corrected chi connectivity index (χ3v) is 3.91. The fourth-order valence-electron chi connectivity index (χ4n) is 2.55. The van der Waals surface area contributed by atoms with Crippen LogP contribution in [-0.4, -0.2) is 0 Å². The molecule has 20 heavy (non-hydrogen) atoms. The van der Waals surface area contributed by atoms with Crippen molar-refractivity contribution in [1.29, 1.82) is 0 Å². The van der Waals surface area contributed by atoms with Crippen LogP contribution in [0, 0.1) is 33.5 Å². The Morgan fingerprint density at radius 2 is 1.50 bits per heavy atom. The zero-order valence-electron chi connectivity index (χ0n) is 12.8. The summed E-state index contributed by atoms with van der Waals surface area (Å²) in [4.78, 5) is 0. The van der Waals surface area contributed by atoms with Gasteiger partial charge >= 0.3 is 0 Å². The molecule has 106 valence electrons. The smallest absolute Gasteiger partial charge is 0.123 e. The van der Waals surface area contributed by atoms with E-state index in [0.29, 0.717) is 0 Å². The summed E-state index contributed by atoms with van der Waals surface area (Å²) in [7, 11) is 0. The lowest BCUT2D eigenvalue weighted by Crippen LogP contribution is -2.10. The molecule has 2 heteroatoms. The second-order valence-electron chi connectivity index (χ2n) is 5.62. The number of halogens is 1. The third-order valence-electron chi connectivity index (χ3n) is 3.91. The highest BCUT2D eigenvalue weighted by Crippen LogP contribution is 2.26. The van der Waals surface area contributed by atoms with Gasteiger partial charge in [-0.3, -0.25) is 0 Å². The number of anilines is 1. The molecule has 2 rings (SSSR count). The van der Waals surface area contributed by atoms with Gasteiger partial charge in [-0.25, -0.2) is 4.39 Å². The summed E-state index contributed by atoms with van der Waals surface area (Å²) in [6.45, 7) is 10.5. The maximum Gasteiger partial charge on any atom is 0.123 e. The average Bonchev–Trinajstić information content (AvgIpc) is 2.37. The molecule has 0 amide bonds. The van der Waals surface area contributed by atoms with Crippen LogP contribution in [-0.2, 0) is 0 Å². The molecule has 2 aromatic carbocycles. The topological polar surface area (TPSA) is 12.0 Å². The molecule has 0 aliphatic rings. The Bertz CT molecular complexity index is 632. The van der Waals surface area contributed by atoms with Crippen LogP contribution in [0.4, 0.5) is 10.1 Å².